The lowest BCUT2D eigenvalue weighted by molar-refractivity contribution is -0.139. The number of hydrogen-bond acceptors (Lipinski definition) is 4. The van der Waals surface area contributed by atoms with E-state index in [1.165, 1.54) is 11.0 Å². The Hall–Kier alpha value is -3.08. The van der Waals surface area contributed by atoms with Gasteiger partial charge in [0.05, 0.1) is 17.5 Å². The van der Waals surface area contributed by atoms with Gasteiger partial charge in [-0.3, -0.25) is 13.9 Å². The third-order valence-corrected chi connectivity index (χ3v) is 6.50. The summed E-state index contributed by atoms with van der Waals surface area (Å²) in [4.78, 5) is 27.4. The Kier molecular flexibility index (Phi) is 9.70. The van der Waals surface area contributed by atoms with Crippen LogP contribution in [0.1, 0.15) is 31.4 Å². The Morgan fingerprint density at radius 3 is 2.23 bits per heavy atom. The number of likely N-dealkylation sites (N-methyl/N-ethyl adjacent to an activating group) is 1. The van der Waals surface area contributed by atoms with Crippen LogP contribution in [0.3, 0.4) is 0 Å². The molecule has 0 radical (unpaired) electrons. The molecule has 0 unspecified atom stereocenters. The summed E-state index contributed by atoms with van der Waals surface area (Å²) < 4.78 is 65.2. The van der Waals surface area contributed by atoms with E-state index in [0.29, 0.717) is 23.3 Å². The van der Waals surface area contributed by atoms with Crippen molar-refractivity contribution in [3.05, 3.63) is 65.7 Å². The third kappa shape index (κ3) is 7.98. The molecule has 0 aliphatic carbocycles. The number of halogens is 3. The SMILES string of the molecule is CCNC(=O)[C@@H](CC)N(CCc1ccccc1)C(=O)CN(c1cccc(C(F)(F)F)c1)S(C)(=O)=O. The third-order valence-electron chi connectivity index (χ3n) is 5.36. The zero-order valence-corrected chi connectivity index (χ0v) is 20.7. The maximum Gasteiger partial charge on any atom is 0.416 e. The number of nitrogens with zero attached hydrogens (tertiary/aromatic N) is 2. The second-order valence-electron chi connectivity index (χ2n) is 7.96. The van der Waals surface area contributed by atoms with Crippen LogP contribution in [0.15, 0.2) is 54.6 Å². The summed E-state index contributed by atoms with van der Waals surface area (Å²) in [6.07, 6.45) is -3.19. The number of alkyl halides is 3. The van der Waals surface area contributed by atoms with Gasteiger partial charge in [0.2, 0.25) is 21.8 Å². The highest BCUT2D eigenvalue weighted by atomic mass is 32.2. The number of amides is 2. The van der Waals surface area contributed by atoms with Crippen LogP contribution in [0, 0.1) is 0 Å². The minimum absolute atomic E-state index is 0.124. The number of nitrogens with one attached hydrogen (secondary N) is 1. The van der Waals surface area contributed by atoms with Crippen LogP contribution < -0.4 is 9.62 Å². The normalized spacial score (nSPS) is 12.6. The van der Waals surface area contributed by atoms with Gasteiger partial charge in [0.25, 0.3) is 0 Å². The molecule has 7 nitrogen and oxygen atoms in total. The first-order valence-electron chi connectivity index (χ1n) is 11.1. The van der Waals surface area contributed by atoms with Crippen LogP contribution in [0.2, 0.25) is 0 Å². The van der Waals surface area contributed by atoms with Crippen molar-refractivity contribution in [1.82, 2.24) is 10.2 Å². The van der Waals surface area contributed by atoms with Gasteiger partial charge >= 0.3 is 6.18 Å². The topological polar surface area (TPSA) is 86.8 Å². The summed E-state index contributed by atoms with van der Waals surface area (Å²) in [5, 5.41) is 2.68. The van der Waals surface area contributed by atoms with Gasteiger partial charge in [-0.05, 0) is 43.5 Å². The average Bonchev–Trinajstić information content (AvgIpc) is 2.79. The van der Waals surface area contributed by atoms with Crippen molar-refractivity contribution >= 4 is 27.5 Å². The van der Waals surface area contributed by atoms with E-state index in [4.69, 9.17) is 0 Å². The highest BCUT2D eigenvalue weighted by Crippen LogP contribution is 2.32. The van der Waals surface area contributed by atoms with E-state index in [2.05, 4.69) is 5.32 Å². The molecule has 35 heavy (non-hydrogen) atoms. The number of sulfonamides is 1. The standard InChI is InChI=1S/C24H30F3N3O4S/c1-4-21(23(32)28-5-2)29(15-14-18-10-7-6-8-11-18)22(31)17-30(35(3,33)34)20-13-9-12-19(16-20)24(25,26)27/h6-13,16,21H,4-5,14-15,17H2,1-3H3,(H,28,32)/t21-/m1/s1. The summed E-state index contributed by atoms with van der Waals surface area (Å²) in [7, 11) is -4.12. The van der Waals surface area contributed by atoms with Crippen LogP contribution in [-0.2, 0) is 32.2 Å². The molecule has 0 aliphatic rings. The highest BCUT2D eigenvalue weighted by molar-refractivity contribution is 7.92. The van der Waals surface area contributed by atoms with E-state index in [-0.39, 0.29) is 24.6 Å². The maximum absolute atomic E-state index is 13.4. The zero-order chi connectivity index (χ0) is 26.2. The molecular formula is C24H30F3N3O4S. The van der Waals surface area contributed by atoms with Gasteiger partial charge in [-0.2, -0.15) is 13.2 Å². The number of hydrogen-bond donors (Lipinski definition) is 1. The lowest BCUT2D eigenvalue weighted by Gasteiger charge is -2.32. The van der Waals surface area contributed by atoms with Gasteiger partial charge in [-0.25, -0.2) is 8.42 Å². The van der Waals surface area contributed by atoms with Crippen LogP contribution in [0.5, 0.6) is 0 Å². The van der Waals surface area contributed by atoms with Crippen LogP contribution in [-0.4, -0.2) is 57.1 Å². The second-order valence-corrected chi connectivity index (χ2v) is 9.87. The smallest absolute Gasteiger partial charge is 0.355 e. The first kappa shape index (κ1) is 28.2. The Morgan fingerprint density at radius 2 is 1.69 bits per heavy atom. The fourth-order valence-electron chi connectivity index (χ4n) is 3.64. The van der Waals surface area contributed by atoms with Gasteiger partial charge < -0.3 is 10.2 Å². The molecule has 0 spiro atoms. The monoisotopic (exact) mass is 513 g/mol. The number of carbonyl (C=O) groups is 2. The molecule has 0 saturated heterocycles. The maximum atomic E-state index is 13.4. The van der Waals surface area contributed by atoms with Crippen molar-refractivity contribution < 1.29 is 31.2 Å². The van der Waals surface area contributed by atoms with Crippen molar-refractivity contribution in [3.63, 3.8) is 0 Å². The van der Waals surface area contributed by atoms with Crippen molar-refractivity contribution in [2.24, 2.45) is 0 Å². The Balaban J connectivity index is 2.40. The minimum atomic E-state index is -4.68. The molecule has 11 heteroatoms. The van der Waals surface area contributed by atoms with Crippen LogP contribution in [0.25, 0.3) is 0 Å². The number of benzene rings is 2. The van der Waals surface area contributed by atoms with Crippen molar-refractivity contribution in [2.45, 2.75) is 38.9 Å². The Labute approximate surface area is 204 Å². The predicted octanol–water partition coefficient (Wildman–Crippen LogP) is 3.46. The van der Waals surface area contributed by atoms with Crippen molar-refractivity contribution in [2.75, 3.05) is 30.2 Å². The summed E-state index contributed by atoms with van der Waals surface area (Å²) in [6, 6.07) is 12.1. The van der Waals surface area contributed by atoms with E-state index < -0.39 is 40.3 Å². The van der Waals surface area contributed by atoms with Gasteiger partial charge in [0.1, 0.15) is 12.6 Å². The lowest BCUT2D eigenvalue weighted by Crippen LogP contribution is -2.53. The van der Waals surface area contributed by atoms with Gasteiger partial charge in [0.15, 0.2) is 0 Å². The quantitative estimate of drug-likeness (QED) is 0.499. The summed E-state index contributed by atoms with van der Waals surface area (Å²) >= 11 is 0. The first-order valence-corrected chi connectivity index (χ1v) is 13.0. The molecule has 0 fully saturated rings. The van der Waals surface area contributed by atoms with Gasteiger partial charge in [0, 0.05) is 13.1 Å². The molecule has 1 N–H and O–H groups in total. The molecule has 2 rings (SSSR count). The van der Waals surface area contributed by atoms with E-state index in [0.717, 1.165) is 24.0 Å². The fourth-order valence-corrected chi connectivity index (χ4v) is 4.48. The molecule has 2 aromatic carbocycles. The van der Waals surface area contributed by atoms with Gasteiger partial charge in [-0.15, -0.1) is 0 Å². The number of anilines is 1. The predicted molar refractivity (Wildman–Crippen MR) is 128 cm³/mol. The minimum Gasteiger partial charge on any atom is -0.355 e. The Morgan fingerprint density at radius 1 is 1.03 bits per heavy atom. The molecule has 0 saturated carbocycles. The van der Waals surface area contributed by atoms with Gasteiger partial charge in [-0.1, -0.05) is 43.3 Å². The molecule has 192 valence electrons. The van der Waals surface area contributed by atoms with E-state index in [1.807, 2.05) is 30.3 Å². The molecule has 2 aromatic rings. The molecule has 0 heterocycles. The summed E-state index contributed by atoms with van der Waals surface area (Å²) in [5.41, 5.74) is -0.413. The number of rotatable bonds is 11. The fraction of sp³-hybridized carbons (Fsp3) is 0.417. The average molecular weight is 514 g/mol. The molecular weight excluding hydrogens is 483 g/mol. The van der Waals surface area contributed by atoms with Crippen LogP contribution in [0.4, 0.5) is 18.9 Å². The molecule has 0 aliphatic heterocycles. The highest BCUT2D eigenvalue weighted by Gasteiger charge is 2.34. The molecule has 0 aromatic heterocycles. The lowest BCUT2D eigenvalue weighted by atomic mass is 10.1. The summed E-state index contributed by atoms with van der Waals surface area (Å²) in [5.74, 6) is -1.08. The second kappa shape index (κ2) is 12.1. The molecule has 2 amide bonds. The summed E-state index contributed by atoms with van der Waals surface area (Å²) in [6.45, 7) is 3.18. The van der Waals surface area contributed by atoms with Crippen molar-refractivity contribution in [3.8, 4) is 0 Å². The van der Waals surface area contributed by atoms with E-state index >= 15 is 0 Å². The number of carbonyl (C=O) groups excluding carboxylic acids is 2. The van der Waals surface area contributed by atoms with E-state index in [9.17, 15) is 31.2 Å². The Bertz CT molecular complexity index is 1110. The zero-order valence-electron chi connectivity index (χ0n) is 19.9. The van der Waals surface area contributed by atoms with Crippen LogP contribution >= 0.6 is 0 Å². The van der Waals surface area contributed by atoms with Crippen molar-refractivity contribution in [1.29, 1.82) is 0 Å². The van der Waals surface area contributed by atoms with E-state index in [1.54, 1.807) is 13.8 Å². The molecule has 1 atom stereocenters. The first-order chi connectivity index (χ1) is 16.4. The largest absolute Gasteiger partial charge is 0.416 e. The molecule has 0 bridgehead atoms.